The third kappa shape index (κ3) is 6.43. The lowest BCUT2D eigenvalue weighted by atomic mass is 9.92. The van der Waals surface area contributed by atoms with Gasteiger partial charge in [-0.3, -0.25) is 4.57 Å². The first-order valence-corrected chi connectivity index (χ1v) is 27.7. The molecular formula is C76H44N4O. The van der Waals surface area contributed by atoms with Gasteiger partial charge < -0.3 is 8.98 Å². The second-order valence-corrected chi connectivity index (χ2v) is 21.6. The average molecular weight is 1030 g/mol. The summed E-state index contributed by atoms with van der Waals surface area (Å²) in [5, 5.41) is 21.6. The number of hydrogen-bond acceptors (Lipinski definition) is 3. The molecule has 0 amide bonds. The number of fused-ring (bicyclic) bond motifs is 21. The number of nitrogens with zero attached hydrogens (tertiary/aromatic N) is 4. The van der Waals surface area contributed by atoms with E-state index in [2.05, 4.69) is 270 Å². The third-order valence-electron chi connectivity index (χ3n) is 17.3. The fraction of sp³-hybridized carbons (Fsp3) is 0. The number of aromatic nitrogens is 4. The number of furan rings is 1. The summed E-state index contributed by atoms with van der Waals surface area (Å²) in [5.41, 5.74) is 13.2. The van der Waals surface area contributed by atoms with Crippen LogP contribution in [0.2, 0.25) is 0 Å². The molecule has 0 bridgehead atoms. The van der Waals surface area contributed by atoms with Gasteiger partial charge in [0.1, 0.15) is 5.58 Å². The molecule has 0 aliphatic carbocycles. The summed E-state index contributed by atoms with van der Waals surface area (Å²) in [6.07, 6.45) is 0. The Balaban J connectivity index is 0.841. The standard InChI is InChI=1S/C76H44N4O/c1-3-20-53-49(16-1)51-18-5-7-22-55(51)63-42-47(32-36-57(53)63)67-44-68(48-33-37-58-54-21-4-2-17-50(54)52-19-6-8-23-56(52)64(58)43-48)78-76(77-67)80-70-29-13-10-25-60(70)66-41-46(35-39-72(66)80)45-34-38-71-65(40-45)59-24-9-12-28-69(59)79(71)73-30-15-27-62-61-26-11-14-31-74(61)81-75(62)73/h1-44H. The van der Waals surface area contributed by atoms with Gasteiger partial charge in [-0.1, -0.05) is 200 Å². The first-order valence-electron chi connectivity index (χ1n) is 27.7. The summed E-state index contributed by atoms with van der Waals surface area (Å²) >= 11 is 0. The van der Waals surface area contributed by atoms with Crippen LogP contribution in [0.25, 0.3) is 175 Å². The van der Waals surface area contributed by atoms with E-state index in [1.165, 1.54) is 75.4 Å². The molecule has 0 atom stereocenters. The first kappa shape index (κ1) is 44.1. The molecule has 374 valence electrons. The Morgan fingerprint density at radius 2 is 0.593 bits per heavy atom. The van der Waals surface area contributed by atoms with Crippen LogP contribution < -0.4 is 0 Å². The minimum absolute atomic E-state index is 0.613. The summed E-state index contributed by atoms with van der Waals surface area (Å²) in [7, 11) is 0. The minimum Gasteiger partial charge on any atom is -0.454 e. The Bertz CT molecular complexity index is 5490. The highest BCUT2D eigenvalue weighted by molar-refractivity contribution is 6.27. The van der Waals surface area contributed by atoms with Gasteiger partial charge in [-0.25, -0.2) is 9.97 Å². The lowest BCUT2D eigenvalue weighted by molar-refractivity contribution is 0.666. The highest BCUT2D eigenvalue weighted by Crippen LogP contribution is 2.44. The lowest BCUT2D eigenvalue weighted by Gasteiger charge is -2.15. The van der Waals surface area contributed by atoms with E-state index in [1.54, 1.807) is 0 Å². The highest BCUT2D eigenvalue weighted by atomic mass is 16.3. The number of rotatable bonds is 5. The quantitative estimate of drug-likeness (QED) is 0.161. The number of benzene rings is 14. The molecule has 18 rings (SSSR count). The number of hydrogen-bond donors (Lipinski definition) is 0. The molecule has 0 saturated carbocycles. The molecule has 4 heterocycles. The molecule has 0 radical (unpaired) electrons. The topological polar surface area (TPSA) is 48.8 Å². The van der Waals surface area contributed by atoms with Gasteiger partial charge in [0.15, 0.2) is 5.58 Å². The van der Waals surface area contributed by atoms with Crippen LogP contribution in [-0.2, 0) is 0 Å². The van der Waals surface area contributed by atoms with Crippen molar-refractivity contribution < 1.29 is 4.42 Å². The molecule has 5 nitrogen and oxygen atoms in total. The van der Waals surface area contributed by atoms with E-state index in [1.807, 2.05) is 6.07 Å². The maximum absolute atomic E-state index is 6.62. The fourth-order valence-electron chi connectivity index (χ4n) is 13.7. The normalized spacial score (nSPS) is 12.2. The van der Waals surface area contributed by atoms with E-state index in [9.17, 15) is 0 Å². The van der Waals surface area contributed by atoms with Crippen LogP contribution in [0, 0.1) is 0 Å². The van der Waals surface area contributed by atoms with Crippen molar-refractivity contribution in [3.05, 3.63) is 267 Å². The maximum atomic E-state index is 6.62. The monoisotopic (exact) mass is 1030 g/mol. The van der Waals surface area contributed by atoms with Crippen LogP contribution in [0.4, 0.5) is 0 Å². The van der Waals surface area contributed by atoms with Gasteiger partial charge in [0.25, 0.3) is 0 Å². The second kappa shape index (κ2) is 16.8. The predicted octanol–water partition coefficient (Wildman–Crippen LogP) is 20.5. The van der Waals surface area contributed by atoms with Crippen molar-refractivity contribution in [1.29, 1.82) is 0 Å². The average Bonchev–Trinajstić information content (AvgIpc) is 4.31. The van der Waals surface area contributed by atoms with E-state index in [4.69, 9.17) is 14.4 Å². The zero-order valence-corrected chi connectivity index (χ0v) is 43.6. The second-order valence-electron chi connectivity index (χ2n) is 21.6. The largest absolute Gasteiger partial charge is 0.454 e. The molecule has 0 aliphatic heterocycles. The molecule has 0 spiro atoms. The predicted molar refractivity (Wildman–Crippen MR) is 339 cm³/mol. The molecule has 18 aromatic rings. The first-order chi connectivity index (χ1) is 40.2. The van der Waals surface area contributed by atoms with Crippen molar-refractivity contribution in [3.63, 3.8) is 0 Å². The van der Waals surface area contributed by atoms with E-state index in [0.717, 1.165) is 94.1 Å². The Labute approximate surface area is 463 Å². The summed E-state index contributed by atoms with van der Waals surface area (Å²) in [5.74, 6) is 0.613. The Morgan fingerprint density at radius 1 is 0.235 bits per heavy atom. The van der Waals surface area contributed by atoms with E-state index < -0.39 is 0 Å². The molecule has 5 heteroatoms. The number of para-hydroxylation sites is 4. The van der Waals surface area contributed by atoms with Crippen LogP contribution in [0.3, 0.4) is 0 Å². The van der Waals surface area contributed by atoms with Gasteiger partial charge in [-0.05, 0) is 142 Å². The highest BCUT2D eigenvalue weighted by Gasteiger charge is 2.22. The molecule has 0 unspecified atom stereocenters. The van der Waals surface area contributed by atoms with Crippen LogP contribution in [0.1, 0.15) is 0 Å². The summed E-state index contributed by atoms with van der Waals surface area (Å²) in [4.78, 5) is 11.2. The summed E-state index contributed by atoms with van der Waals surface area (Å²) in [6, 6.07) is 97.0. The van der Waals surface area contributed by atoms with E-state index in [-0.39, 0.29) is 0 Å². The maximum Gasteiger partial charge on any atom is 0.235 e. The van der Waals surface area contributed by atoms with Crippen molar-refractivity contribution in [2.45, 2.75) is 0 Å². The van der Waals surface area contributed by atoms with Gasteiger partial charge in [-0.2, -0.15) is 0 Å². The van der Waals surface area contributed by atoms with Crippen LogP contribution in [0.5, 0.6) is 0 Å². The van der Waals surface area contributed by atoms with Crippen LogP contribution >= 0.6 is 0 Å². The van der Waals surface area contributed by atoms with Gasteiger partial charge in [0.05, 0.1) is 39.1 Å². The molecule has 0 N–H and O–H groups in total. The SMILES string of the molecule is c1ccc2c(c1)oc1c(-n3c4ccccc4c4cc(-c5ccc6c(c5)c5ccccc5n6-c5nc(-c6ccc7c8ccccc8c8ccccc8c7c6)cc(-c6ccc7c8ccccc8c8ccccc8c7c6)n5)ccc43)cccc12. The Hall–Kier alpha value is -10.9. The minimum atomic E-state index is 0.613. The van der Waals surface area contributed by atoms with Crippen LogP contribution in [0.15, 0.2) is 271 Å². The van der Waals surface area contributed by atoms with Crippen LogP contribution in [-0.4, -0.2) is 19.1 Å². The van der Waals surface area contributed by atoms with Gasteiger partial charge in [0, 0.05) is 43.4 Å². The van der Waals surface area contributed by atoms with E-state index in [0.29, 0.717) is 5.95 Å². The molecular weight excluding hydrogens is 985 g/mol. The van der Waals surface area contributed by atoms with Gasteiger partial charge in [0.2, 0.25) is 5.95 Å². The van der Waals surface area contributed by atoms with Crippen molar-refractivity contribution in [2.75, 3.05) is 0 Å². The molecule has 81 heavy (non-hydrogen) atoms. The van der Waals surface area contributed by atoms with Gasteiger partial charge >= 0.3 is 0 Å². The van der Waals surface area contributed by atoms with E-state index >= 15 is 0 Å². The zero-order chi connectivity index (χ0) is 52.9. The molecule has 4 aromatic heterocycles. The summed E-state index contributed by atoms with van der Waals surface area (Å²) in [6.45, 7) is 0. The lowest BCUT2D eigenvalue weighted by Crippen LogP contribution is -2.04. The summed E-state index contributed by atoms with van der Waals surface area (Å²) < 4.78 is 11.3. The van der Waals surface area contributed by atoms with Crippen molar-refractivity contribution in [1.82, 2.24) is 19.1 Å². The molecule has 0 saturated heterocycles. The van der Waals surface area contributed by atoms with Crippen molar-refractivity contribution in [2.24, 2.45) is 0 Å². The molecule has 0 aliphatic rings. The molecule has 0 fully saturated rings. The van der Waals surface area contributed by atoms with Crippen molar-refractivity contribution in [3.8, 4) is 45.3 Å². The fourth-order valence-corrected chi connectivity index (χ4v) is 13.7. The zero-order valence-electron chi connectivity index (χ0n) is 43.6. The van der Waals surface area contributed by atoms with Crippen molar-refractivity contribution >= 4 is 130 Å². The van der Waals surface area contributed by atoms with Gasteiger partial charge in [-0.15, -0.1) is 0 Å². The third-order valence-corrected chi connectivity index (χ3v) is 17.3. The Kier molecular flexibility index (Phi) is 9.16. The smallest absolute Gasteiger partial charge is 0.235 e. The molecule has 14 aromatic carbocycles. The Morgan fingerprint density at radius 3 is 1.10 bits per heavy atom.